The number of imidazole rings is 1. The summed E-state index contributed by atoms with van der Waals surface area (Å²) in [6.45, 7) is 3.32. The molecule has 0 bridgehead atoms. The second-order valence-electron chi connectivity index (χ2n) is 4.99. The topological polar surface area (TPSA) is 60.9 Å². The highest BCUT2D eigenvalue weighted by Crippen LogP contribution is 2.15. The monoisotopic (exact) mass is 382 g/mol. The first-order chi connectivity index (χ1) is 10.9. The third kappa shape index (κ3) is 3.29. The fourth-order valence-electron chi connectivity index (χ4n) is 2.16. The van der Waals surface area contributed by atoms with Gasteiger partial charge in [0.25, 0.3) is 6.43 Å². The highest BCUT2D eigenvalue weighted by Gasteiger charge is 2.10. The van der Waals surface area contributed by atoms with E-state index in [1.165, 1.54) is 10.8 Å². The van der Waals surface area contributed by atoms with Crippen LogP contribution in [0.1, 0.15) is 23.0 Å². The Morgan fingerprint density at radius 1 is 1.26 bits per heavy atom. The number of hydrogen-bond acceptors (Lipinski definition) is 4. The van der Waals surface area contributed by atoms with E-state index < -0.39 is 13.0 Å². The van der Waals surface area contributed by atoms with E-state index >= 15 is 0 Å². The molecule has 0 saturated heterocycles. The average molecular weight is 383 g/mol. The first kappa shape index (κ1) is 15.7. The molecule has 23 heavy (non-hydrogen) atoms. The largest absolute Gasteiger partial charge is 0.325 e. The quantitative estimate of drug-likeness (QED) is 0.695. The molecule has 3 aromatic rings. The van der Waals surface area contributed by atoms with Crippen molar-refractivity contribution in [2.75, 3.05) is 0 Å². The smallest absolute Gasteiger partial charge is 0.256 e. The van der Waals surface area contributed by atoms with E-state index in [2.05, 4.69) is 36.0 Å². The highest BCUT2D eigenvalue weighted by molar-refractivity contribution is 9.10. The van der Waals surface area contributed by atoms with E-state index in [0.717, 1.165) is 11.4 Å². The van der Waals surface area contributed by atoms with Gasteiger partial charge in [0.2, 0.25) is 0 Å². The van der Waals surface area contributed by atoms with Crippen molar-refractivity contribution in [3.05, 3.63) is 40.0 Å². The molecule has 0 unspecified atom stereocenters. The van der Waals surface area contributed by atoms with Gasteiger partial charge in [0.15, 0.2) is 11.5 Å². The summed E-state index contributed by atoms with van der Waals surface area (Å²) in [7, 11) is 0. The van der Waals surface area contributed by atoms with Crippen molar-refractivity contribution < 1.29 is 8.78 Å². The molecule has 0 aliphatic rings. The molecular formula is C14H13BrF2N6. The molecule has 0 radical (unpaired) electrons. The lowest BCUT2D eigenvalue weighted by Gasteiger charge is -2.02. The lowest BCUT2D eigenvalue weighted by atomic mass is 10.3. The third-order valence-electron chi connectivity index (χ3n) is 3.22. The van der Waals surface area contributed by atoms with E-state index in [0.29, 0.717) is 21.9 Å². The molecule has 0 spiro atoms. The van der Waals surface area contributed by atoms with Gasteiger partial charge in [0.05, 0.1) is 6.54 Å². The molecule has 0 aliphatic carbocycles. The first-order valence-corrected chi connectivity index (χ1v) is 7.61. The fraction of sp³-hybridized carbons (Fsp3) is 0.286. The van der Waals surface area contributed by atoms with Gasteiger partial charge in [0, 0.05) is 18.0 Å². The molecule has 0 atom stereocenters. The summed E-state index contributed by atoms with van der Waals surface area (Å²) in [5.74, 6) is 1.59. The van der Waals surface area contributed by atoms with E-state index in [1.807, 2.05) is 13.8 Å². The molecule has 9 heteroatoms. The van der Waals surface area contributed by atoms with Crippen LogP contribution in [0.3, 0.4) is 0 Å². The van der Waals surface area contributed by atoms with Gasteiger partial charge in [-0.2, -0.15) is 4.52 Å². The molecule has 0 fully saturated rings. The normalized spacial score (nSPS) is 12.1. The second kappa shape index (κ2) is 6.15. The van der Waals surface area contributed by atoms with Gasteiger partial charge in [-0.05, 0) is 41.9 Å². The van der Waals surface area contributed by atoms with Crippen LogP contribution in [-0.2, 0) is 6.54 Å². The van der Waals surface area contributed by atoms with Crippen LogP contribution in [0.2, 0.25) is 0 Å². The van der Waals surface area contributed by atoms with Gasteiger partial charge in [-0.3, -0.25) is 0 Å². The molecule has 3 aromatic heterocycles. The van der Waals surface area contributed by atoms with Crippen molar-refractivity contribution in [2.24, 2.45) is 0 Å². The number of halogens is 3. The van der Waals surface area contributed by atoms with Crippen LogP contribution in [0.5, 0.6) is 0 Å². The summed E-state index contributed by atoms with van der Waals surface area (Å²) in [5.41, 5.74) is 1.62. The molecule has 0 amide bonds. The Labute approximate surface area is 139 Å². The minimum absolute atomic E-state index is 0.405. The molecule has 3 heterocycles. The van der Waals surface area contributed by atoms with Crippen LogP contribution in [0.25, 0.3) is 17.8 Å². The molecule has 0 aliphatic heterocycles. The van der Waals surface area contributed by atoms with Gasteiger partial charge in [-0.1, -0.05) is 0 Å². The predicted octanol–water partition coefficient (Wildman–Crippen LogP) is 3.14. The Hall–Kier alpha value is -2.16. The Bertz CT molecular complexity index is 844. The summed E-state index contributed by atoms with van der Waals surface area (Å²) in [5, 5.41) is 4.34. The number of aryl methyl sites for hydroxylation is 2. The summed E-state index contributed by atoms with van der Waals surface area (Å²) < 4.78 is 28.7. The molecule has 6 nitrogen and oxygen atoms in total. The SMILES string of the molecule is Cc1cnc(C)n2nc(/C=C/c3nc(Br)cn3CC(F)F)nc12. The van der Waals surface area contributed by atoms with Crippen molar-refractivity contribution in [3.63, 3.8) is 0 Å². The summed E-state index contributed by atoms with van der Waals surface area (Å²) in [4.78, 5) is 12.8. The number of hydrogen-bond donors (Lipinski definition) is 0. The zero-order valence-corrected chi connectivity index (χ0v) is 14.0. The van der Waals surface area contributed by atoms with Crippen LogP contribution in [0.15, 0.2) is 17.0 Å². The van der Waals surface area contributed by atoms with E-state index in [9.17, 15) is 8.78 Å². The van der Waals surface area contributed by atoms with Gasteiger partial charge in [0.1, 0.15) is 16.3 Å². The zero-order chi connectivity index (χ0) is 16.6. The maximum Gasteiger partial charge on any atom is 0.256 e. The minimum atomic E-state index is -2.45. The summed E-state index contributed by atoms with van der Waals surface area (Å²) in [6.07, 6.45) is 4.05. The van der Waals surface area contributed by atoms with Crippen molar-refractivity contribution >= 4 is 33.7 Å². The Morgan fingerprint density at radius 2 is 2.04 bits per heavy atom. The van der Waals surface area contributed by atoms with Crippen LogP contribution < -0.4 is 0 Å². The van der Waals surface area contributed by atoms with E-state index in [4.69, 9.17) is 0 Å². The predicted molar refractivity (Wildman–Crippen MR) is 85.1 cm³/mol. The van der Waals surface area contributed by atoms with Crippen LogP contribution >= 0.6 is 15.9 Å². The molecule has 0 N–H and O–H groups in total. The summed E-state index contributed by atoms with van der Waals surface area (Å²) in [6, 6.07) is 0. The highest BCUT2D eigenvalue weighted by atomic mass is 79.9. The standard InChI is InChI=1S/C14H13BrF2N6/c1-8-5-18-9(2)23-14(8)20-12(21-23)3-4-13-19-10(15)6-22(13)7-11(16)17/h3-6,11H,7H2,1-2H3/b4-3+. The fourth-order valence-corrected chi connectivity index (χ4v) is 2.59. The van der Waals surface area contributed by atoms with Gasteiger partial charge in [-0.15, -0.1) is 5.10 Å². The zero-order valence-electron chi connectivity index (χ0n) is 12.4. The van der Waals surface area contributed by atoms with Gasteiger partial charge >= 0.3 is 0 Å². The van der Waals surface area contributed by atoms with E-state index in [-0.39, 0.29) is 0 Å². The lowest BCUT2D eigenvalue weighted by molar-refractivity contribution is 0.126. The molecule has 120 valence electrons. The van der Waals surface area contributed by atoms with Gasteiger partial charge in [-0.25, -0.2) is 23.7 Å². The minimum Gasteiger partial charge on any atom is -0.325 e. The average Bonchev–Trinajstić information content (AvgIpc) is 3.05. The molecule has 0 saturated carbocycles. The van der Waals surface area contributed by atoms with E-state index in [1.54, 1.807) is 22.9 Å². The van der Waals surface area contributed by atoms with Crippen molar-refractivity contribution in [2.45, 2.75) is 26.8 Å². The Kier molecular flexibility index (Phi) is 4.20. The molecule has 3 rings (SSSR count). The van der Waals surface area contributed by atoms with Crippen LogP contribution in [-0.4, -0.2) is 35.6 Å². The maximum atomic E-state index is 12.6. The van der Waals surface area contributed by atoms with Crippen molar-refractivity contribution in [1.29, 1.82) is 0 Å². The number of fused-ring (bicyclic) bond motifs is 1. The number of nitrogens with zero attached hydrogens (tertiary/aromatic N) is 6. The number of rotatable bonds is 4. The number of aromatic nitrogens is 6. The van der Waals surface area contributed by atoms with Crippen LogP contribution in [0.4, 0.5) is 8.78 Å². The third-order valence-corrected chi connectivity index (χ3v) is 3.60. The maximum absolute atomic E-state index is 12.6. The van der Waals surface area contributed by atoms with Crippen molar-refractivity contribution in [3.8, 4) is 0 Å². The number of alkyl halides is 2. The van der Waals surface area contributed by atoms with Crippen LogP contribution in [0, 0.1) is 13.8 Å². The lowest BCUT2D eigenvalue weighted by Crippen LogP contribution is -2.07. The first-order valence-electron chi connectivity index (χ1n) is 6.82. The van der Waals surface area contributed by atoms with Crippen molar-refractivity contribution in [1.82, 2.24) is 29.1 Å². The molecular weight excluding hydrogens is 370 g/mol. The Balaban J connectivity index is 1.94. The Morgan fingerprint density at radius 3 is 2.74 bits per heavy atom. The molecule has 0 aromatic carbocycles. The van der Waals surface area contributed by atoms with Gasteiger partial charge < -0.3 is 4.57 Å². The summed E-state index contributed by atoms with van der Waals surface area (Å²) >= 11 is 3.19. The second-order valence-corrected chi connectivity index (χ2v) is 5.80.